The van der Waals surface area contributed by atoms with Crippen molar-refractivity contribution in [2.45, 2.75) is 25.7 Å². The normalized spacial score (nSPS) is 10.6. The van der Waals surface area contributed by atoms with Gasteiger partial charge in [0.05, 0.1) is 7.11 Å². The summed E-state index contributed by atoms with van der Waals surface area (Å²) < 4.78 is 5.23. The summed E-state index contributed by atoms with van der Waals surface area (Å²) in [4.78, 5) is 10.3. The number of carboxylic acids is 1. The Bertz CT molecular complexity index is 383. The first-order valence-electron chi connectivity index (χ1n) is 5.75. The molecule has 0 aromatic heterocycles. The average molecular weight is 234 g/mol. The lowest BCUT2D eigenvalue weighted by Crippen LogP contribution is -1.92. The second-order valence-corrected chi connectivity index (χ2v) is 3.78. The van der Waals surface area contributed by atoms with Crippen LogP contribution >= 0.6 is 0 Å². The molecule has 1 aromatic rings. The number of benzene rings is 1. The summed E-state index contributed by atoms with van der Waals surface area (Å²) in [7, 11) is 1.65. The van der Waals surface area contributed by atoms with E-state index in [0.717, 1.165) is 30.6 Å². The molecule has 0 atom stereocenters. The minimum absolute atomic E-state index is 0.252. The van der Waals surface area contributed by atoms with E-state index < -0.39 is 5.97 Å². The van der Waals surface area contributed by atoms with Gasteiger partial charge in [0.2, 0.25) is 0 Å². The van der Waals surface area contributed by atoms with E-state index in [-0.39, 0.29) is 6.42 Å². The first-order chi connectivity index (χ1) is 8.24. The van der Waals surface area contributed by atoms with Gasteiger partial charge < -0.3 is 9.84 Å². The van der Waals surface area contributed by atoms with Gasteiger partial charge in [0.25, 0.3) is 0 Å². The van der Waals surface area contributed by atoms with Crippen molar-refractivity contribution in [1.82, 2.24) is 0 Å². The molecule has 0 aliphatic heterocycles. The molecule has 0 spiro atoms. The Kier molecular flexibility index (Phi) is 5.86. The number of carboxylic acid groups (broad SMARTS) is 1. The molecular formula is C14H18O3. The molecule has 92 valence electrons. The molecular weight excluding hydrogens is 216 g/mol. The molecule has 3 nitrogen and oxygen atoms in total. The van der Waals surface area contributed by atoms with E-state index in [1.54, 1.807) is 7.11 Å². The Balaban J connectivity index is 2.35. The number of carbonyl (C=O) groups is 1. The molecule has 0 saturated heterocycles. The van der Waals surface area contributed by atoms with Crippen LogP contribution in [0.2, 0.25) is 0 Å². The zero-order chi connectivity index (χ0) is 12.5. The van der Waals surface area contributed by atoms with Crippen molar-refractivity contribution in [3.63, 3.8) is 0 Å². The summed E-state index contributed by atoms with van der Waals surface area (Å²) in [5.41, 5.74) is 1.05. The number of unbranched alkanes of at least 4 members (excludes halogenated alkanes) is 2. The molecule has 0 fully saturated rings. The van der Waals surface area contributed by atoms with E-state index in [2.05, 4.69) is 6.08 Å². The van der Waals surface area contributed by atoms with Crippen molar-refractivity contribution in [3.8, 4) is 5.75 Å². The highest BCUT2D eigenvalue weighted by Crippen LogP contribution is 2.19. The van der Waals surface area contributed by atoms with Crippen LogP contribution in [0.4, 0.5) is 0 Å². The SMILES string of the molecule is COc1ccccc1/C=C/CCCCC(=O)O. The van der Waals surface area contributed by atoms with Crippen LogP contribution in [0.1, 0.15) is 31.2 Å². The summed E-state index contributed by atoms with van der Waals surface area (Å²) in [6.07, 6.45) is 6.84. The first-order valence-corrected chi connectivity index (χ1v) is 5.75. The lowest BCUT2D eigenvalue weighted by Gasteiger charge is -2.03. The maximum Gasteiger partial charge on any atom is 0.303 e. The second-order valence-electron chi connectivity index (χ2n) is 3.78. The van der Waals surface area contributed by atoms with Gasteiger partial charge in [-0.3, -0.25) is 4.79 Å². The lowest BCUT2D eigenvalue weighted by molar-refractivity contribution is -0.137. The number of methoxy groups -OCH3 is 1. The number of rotatable bonds is 7. The topological polar surface area (TPSA) is 46.5 Å². The Morgan fingerprint density at radius 3 is 2.82 bits per heavy atom. The zero-order valence-corrected chi connectivity index (χ0v) is 10.1. The Labute approximate surface area is 102 Å². The fourth-order valence-electron chi connectivity index (χ4n) is 1.55. The summed E-state index contributed by atoms with van der Waals surface area (Å²) in [6.45, 7) is 0. The van der Waals surface area contributed by atoms with Crippen molar-refractivity contribution in [3.05, 3.63) is 35.9 Å². The summed E-state index contributed by atoms with van der Waals surface area (Å²) in [6, 6.07) is 7.81. The molecule has 3 heteroatoms. The predicted molar refractivity (Wildman–Crippen MR) is 68.1 cm³/mol. The third-order valence-corrected chi connectivity index (χ3v) is 2.45. The molecule has 0 bridgehead atoms. The van der Waals surface area contributed by atoms with Gasteiger partial charge in [-0.1, -0.05) is 30.4 Å². The summed E-state index contributed by atoms with van der Waals surface area (Å²) in [5.74, 6) is 0.132. The molecule has 1 rings (SSSR count). The Morgan fingerprint density at radius 1 is 1.35 bits per heavy atom. The highest BCUT2D eigenvalue weighted by Gasteiger charge is 1.97. The third-order valence-electron chi connectivity index (χ3n) is 2.45. The quantitative estimate of drug-likeness (QED) is 0.736. The number of hydrogen-bond donors (Lipinski definition) is 1. The predicted octanol–water partition coefficient (Wildman–Crippen LogP) is 3.35. The molecule has 0 heterocycles. The molecule has 0 amide bonds. The van der Waals surface area contributed by atoms with Crippen molar-refractivity contribution in [2.75, 3.05) is 7.11 Å². The average Bonchev–Trinajstić information content (AvgIpc) is 2.33. The molecule has 1 N–H and O–H groups in total. The van der Waals surface area contributed by atoms with Crippen molar-refractivity contribution >= 4 is 12.0 Å². The second kappa shape index (κ2) is 7.49. The van der Waals surface area contributed by atoms with E-state index >= 15 is 0 Å². The van der Waals surface area contributed by atoms with Crippen molar-refractivity contribution < 1.29 is 14.6 Å². The van der Waals surface area contributed by atoms with Crippen LogP contribution in [0.5, 0.6) is 5.75 Å². The third kappa shape index (κ3) is 5.20. The monoisotopic (exact) mass is 234 g/mol. The summed E-state index contributed by atoms with van der Waals surface area (Å²) in [5, 5.41) is 8.48. The van der Waals surface area contributed by atoms with Gasteiger partial charge in [0, 0.05) is 12.0 Å². The largest absolute Gasteiger partial charge is 0.496 e. The van der Waals surface area contributed by atoms with Gasteiger partial charge in [-0.2, -0.15) is 0 Å². The molecule has 0 saturated carbocycles. The van der Waals surface area contributed by atoms with E-state index in [0.29, 0.717) is 0 Å². The molecule has 1 aromatic carbocycles. The smallest absolute Gasteiger partial charge is 0.303 e. The van der Waals surface area contributed by atoms with Crippen LogP contribution < -0.4 is 4.74 Å². The molecule has 0 aliphatic carbocycles. The van der Waals surface area contributed by atoms with Crippen LogP contribution in [0.15, 0.2) is 30.3 Å². The summed E-state index contributed by atoms with van der Waals surface area (Å²) >= 11 is 0. The Hall–Kier alpha value is -1.77. The van der Waals surface area contributed by atoms with Crippen LogP contribution in [-0.2, 0) is 4.79 Å². The van der Waals surface area contributed by atoms with Gasteiger partial charge in [-0.15, -0.1) is 0 Å². The van der Waals surface area contributed by atoms with Crippen LogP contribution in [0, 0.1) is 0 Å². The fourth-order valence-corrected chi connectivity index (χ4v) is 1.55. The van der Waals surface area contributed by atoms with E-state index in [9.17, 15) is 4.79 Å². The number of ether oxygens (including phenoxy) is 1. The lowest BCUT2D eigenvalue weighted by atomic mass is 10.1. The maximum atomic E-state index is 10.3. The zero-order valence-electron chi connectivity index (χ0n) is 10.1. The van der Waals surface area contributed by atoms with Crippen molar-refractivity contribution in [2.24, 2.45) is 0 Å². The van der Waals surface area contributed by atoms with E-state index in [1.165, 1.54) is 0 Å². The van der Waals surface area contributed by atoms with E-state index in [4.69, 9.17) is 9.84 Å². The molecule has 0 radical (unpaired) electrons. The number of aliphatic carboxylic acids is 1. The maximum absolute atomic E-state index is 10.3. The fraction of sp³-hybridized carbons (Fsp3) is 0.357. The van der Waals surface area contributed by atoms with Gasteiger partial charge in [-0.25, -0.2) is 0 Å². The van der Waals surface area contributed by atoms with Crippen molar-refractivity contribution in [1.29, 1.82) is 0 Å². The highest BCUT2D eigenvalue weighted by atomic mass is 16.5. The minimum atomic E-state index is -0.723. The highest BCUT2D eigenvalue weighted by molar-refractivity contribution is 5.66. The molecule has 17 heavy (non-hydrogen) atoms. The number of para-hydroxylation sites is 1. The van der Waals surface area contributed by atoms with Gasteiger partial charge >= 0.3 is 5.97 Å². The standard InChI is InChI=1S/C14H18O3/c1-17-13-10-7-6-9-12(13)8-4-2-3-5-11-14(15)16/h4,6-10H,2-3,5,11H2,1H3,(H,15,16)/b8-4+. The van der Waals surface area contributed by atoms with Crippen LogP contribution in [-0.4, -0.2) is 18.2 Å². The molecule has 0 aliphatic rings. The van der Waals surface area contributed by atoms with Gasteiger partial charge in [0.1, 0.15) is 5.75 Å². The number of hydrogen-bond acceptors (Lipinski definition) is 2. The number of allylic oxidation sites excluding steroid dienone is 1. The minimum Gasteiger partial charge on any atom is -0.496 e. The molecule has 0 unspecified atom stereocenters. The van der Waals surface area contributed by atoms with Crippen LogP contribution in [0.3, 0.4) is 0 Å². The van der Waals surface area contributed by atoms with Gasteiger partial charge in [-0.05, 0) is 25.3 Å². The first kappa shape index (κ1) is 13.3. The van der Waals surface area contributed by atoms with Crippen LogP contribution in [0.25, 0.3) is 6.08 Å². The van der Waals surface area contributed by atoms with E-state index in [1.807, 2.05) is 30.3 Å². The Morgan fingerprint density at radius 2 is 2.12 bits per heavy atom. The van der Waals surface area contributed by atoms with Gasteiger partial charge in [0.15, 0.2) is 0 Å².